The topological polar surface area (TPSA) is 63.3 Å². The van der Waals surface area contributed by atoms with E-state index in [2.05, 4.69) is 22.2 Å². The Hall–Kier alpha value is -0.580. The number of halogens is 4. The number of nitrogens with two attached hydrogens (primary N) is 1. The molecule has 0 bridgehead atoms. The van der Waals surface area contributed by atoms with Gasteiger partial charge < -0.3 is 11.1 Å². The molecule has 4 nitrogen and oxygen atoms in total. The fraction of sp³-hybridized carbons (Fsp3) is 0.636. The second-order valence-corrected chi connectivity index (χ2v) is 4.86. The molecule has 0 aliphatic rings. The molecule has 0 aromatic carbocycles. The van der Waals surface area contributed by atoms with E-state index in [1.807, 2.05) is 0 Å². The lowest BCUT2D eigenvalue weighted by atomic mass is 10.3. The van der Waals surface area contributed by atoms with Gasteiger partial charge in [0, 0.05) is 24.9 Å². The Labute approximate surface area is 137 Å². The quantitative estimate of drug-likeness (QED) is 0.321. The minimum Gasteiger partial charge on any atom is -0.370 e. The largest absolute Gasteiger partial charge is 0.434 e. The number of aromatic nitrogens is 1. The number of nitrogens with one attached hydrogen (secondary N) is 1. The fourth-order valence-electron chi connectivity index (χ4n) is 1.27. The van der Waals surface area contributed by atoms with E-state index < -0.39 is 11.9 Å². The lowest BCUT2D eigenvalue weighted by Crippen LogP contribution is -2.33. The lowest BCUT2D eigenvalue weighted by Gasteiger charge is -2.04. The summed E-state index contributed by atoms with van der Waals surface area (Å²) in [7, 11) is 0. The van der Waals surface area contributed by atoms with Crippen LogP contribution in [0.15, 0.2) is 10.4 Å². The van der Waals surface area contributed by atoms with Gasteiger partial charge in [-0.25, -0.2) is 4.98 Å². The Balaban J connectivity index is 0.00000361. The third-order valence-corrected chi connectivity index (χ3v) is 3.19. The van der Waals surface area contributed by atoms with Gasteiger partial charge in [0.15, 0.2) is 11.7 Å². The monoisotopic (exact) mass is 422 g/mol. The van der Waals surface area contributed by atoms with Crippen LogP contribution in [-0.2, 0) is 12.6 Å². The minimum atomic E-state index is -4.37. The molecule has 1 aromatic rings. The van der Waals surface area contributed by atoms with Gasteiger partial charge in [0.1, 0.15) is 0 Å². The van der Waals surface area contributed by atoms with E-state index in [9.17, 15) is 13.2 Å². The maximum Gasteiger partial charge on any atom is 0.434 e. The average Bonchev–Trinajstić information content (AvgIpc) is 2.78. The smallest absolute Gasteiger partial charge is 0.370 e. The van der Waals surface area contributed by atoms with E-state index in [0.29, 0.717) is 30.5 Å². The maximum atomic E-state index is 12.3. The van der Waals surface area contributed by atoms with Crippen LogP contribution in [0.25, 0.3) is 0 Å². The van der Waals surface area contributed by atoms with Crippen molar-refractivity contribution in [1.29, 1.82) is 0 Å². The summed E-state index contributed by atoms with van der Waals surface area (Å²) in [6.07, 6.45) is -1.98. The van der Waals surface area contributed by atoms with Crippen molar-refractivity contribution in [2.24, 2.45) is 10.7 Å². The number of rotatable bonds is 6. The predicted octanol–water partition coefficient (Wildman–Crippen LogP) is 3.03. The zero-order valence-electron chi connectivity index (χ0n) is 11.0. The summed E-state index contributed by atoms with van der Waals surface area (Å²) in [6.45, 7) is 3.14. The molecular weight excluding hydrogens is 404 g/mol. The molecule has 1 rings (SSSR count). The zero-order valence-corrected chi connectivity index (χ0v) is 14.2. The van der Waals surface area contributed by atoms with Gasteiger partial charge in [0.05, 0.1) is 5.01 Å². The summed E-state index contributed by atoms with van der Waals surface area (Å²) < 4.78 is 36.9. The summed E-state index contributed by atoms with van der Waals surface area (Å²) in [4.78, 5) is 7.60. The molecule has 0 saturated heterocycles. The lowest BCUT2D eigenvalue weighted by molar-refractivity contribution is -0.140. The second kappa shape index (κ2) is 9.37. The third kappa shape index (κ3) is 7.27. The number of guanidine groups is 1. The van der Waals surface area contributed by atoms with Crippen molar-refractivity contribution in [3.8, 4) is 0 Å². The van der Waals surface area contributed by atoms with Crippen LogP contribution in [-0.4, -0.2) is 24.0 Å². The molecular formula is C11H18F3IN4S. The van der Waals surface area contributed by atoms with E-state index in [1.54, 1.807) is 0 Å². The minimum absolute atomic E-state index is 0. The Morgan fingerprint density at radius 2 is 2.20 bits per heavy atom. The summed E-state index contributed by atoms with van der Waals surface area (Å²) in [6, 6.07) is 0. The second-order valence-electron chi connectivity index (χ2n) is 3.92. The molecule has 0 spiro atoms. The van der Waals surface area contributed by atoms with Crippen molar-refractivity contribution < 1.29 is 13.2 Å². The van der Waals surface area contributed by atoms with Gasteiger partial charge in [-0.2, -0.15) is 13.2 Å². The highest BCUT2D eigenvalue weighted by atomic mass is 127. The molecule has 9 heteroatoms. The molecule has 0 aliphatic carbocycles. The highest BCUT2D eigenvalue weighted by Crippen LogP contribution is 2.29. The summed E-state index contributed by atoms with van der Waals surface area (Å²) in [5.41, 5.74) is 4.76. The molecule has 0 amide bonds. The highest BCUT2D eigenvalue weighted by molar-refractivity contribution is 14.0. The molecule has 3 N–H and O–H groups in total. The van der Waals surface area contributed by atoms with Crippen molar-refractivity contribution in [2.45, 2.75) is 32.4 Å². The van der Waals surface area contributed by atoms with Crippen molar-refractivity contribution in [3.63, 3.8) is 0 Å². The van der Waals surface area contributed by atoms with E-state index in [0.717, 1.165) is 29.6 Å². The first-order valence-electron chi connectivity index (χ1n) is 5.99. The molecule has 0 fully saturated rings. The van der Waals surface area contributed by atoms with Gasteiger partial charge in [-0.1, -0.05) is 13.3 Å². The van der Waals surface area contributed by atoms with Gasteiger partial charge >= 0.3 is 6.18 Å². The van der Waals surface area contributed by atoms with Gasteiger partial charge in [-0.15, -0.1) is 35.3 Å². The molecule has 0 aliphatic heterocycles. The van der Waals surface area contributed by atoms with Crippen LogP contribution in [0.5, 0.6) is 0 Å². The molecule has 0 atom stereocenters. The Kier molecular flexibility index (Phi) is 9.10. The molecule has 20 heavy (non-hydrogen) atoms. The van der Waals surface area contributed by atoms with E-state index in [1.165, 1.54) is 0 Å². The van der Waals surface area contributed by atoms with Gasteiger partial charge in [0.25, 0.3) is 0 Å². The van der Waals surface area contributed by atoms with E-state index in [4.69, 9.17) is 5.73 Å². The standard InChI is InChI=1S/C11H17F3N4S.HI/c1-2-3-5-16-10(15)17-6-4-9-18-8(7-19-9)11(12,13)14;/h7H,2-6H2,1H3,(H3,15,16,17);1H. The van der Waals surface area contributed by atoms with Gasteiger partial charge in [0.2, 0.25) is 0 Å². The zero-order chi connectivity index (χ0) is 14.3. The number of thiazole rings is 1. The van der Waals surface area contributed by atoms with Crippen LogP contribution in [0.3, 0.4) is 0 Å². The molecule has 1 aromatic heterocycles. The first-order valence-corrected chi connectivity index (χ1v) is 6.87. The number of nitrogens with zero attached hydrogens (tertiary/aromatic N) is 2. The Morgan fingerprint density at radius 3 is 2.75 bits per heavy atom. The maximum absolute atomic E-state index is 12.3. The van der Waals surface area contributed by atoms with Crippen LogP contribution in [0.2, 0.25) is 0 Å². The number of alkyl halides is 3. The normalized spacial score (nSPS) is 12.1. The first kappa shape index (κ1) is 19.4. The van der Waals surface area contributed by atoms with E-state index in [-0.39, 0.29) is 24.0 Å². The van der Waals surface area contributed by atoms with Crippen LogP contribution >= 0.6 is 35.3 Å². The van der Waals surface area contributed by atoms with Crippen LogP contribution in [0.4, 0.5) is 13.2 Å². The predicted molar refractivity (Wildman–Crippen MR) is 85.6 cm³/mol. The summed E-state index contributed by atoms with van der Waals surface area (Å²) in [5.74, 6) is 0.320. The SMILES string of the molecule is CCCCN=C(N)NCCc1nc(C(F)(F)F)cs1.I. The molecule has 0 saturated carbocycles. The van der Waals surface area contributed by atoms with Crippen LogP contribution in [0, 0.1) is 0 Å². The fourth-order valence-corrected chi connectivity index (χ4v) is 2.07. The first-order chi connectivity index (χ1) is 8.93. The number of hydrogen-bond donors (Lipinski definition) is 2. The Bertz CT molecular complexity index is 420. The molecule has 0 unspecified atom stereocenters. The summed E-state index contributed by atoms with van der Waals surface area (Å²) >= 11 is 0.998. The van der Waals surface area contributed by atoms with Crippen LogP contribution < -0.4 is 11.1 Å². The van der Waals surface area contributed by atoms with Crippen LogP contribution in [0.1, 0.15) is 30.5 Å². The molecule has 1 heterocycles. The molecule has 116 valence electrons. The van der Waals surface area contributed by atoms with E-state index >= 15 is 0 Å². The Morgan fingerprint density at radius 1 is 1.50 bits per heavy atom. The van der Waals surface area contributed by atoms with Crippen molar-refractivity contribution in [2.75, 3.05) is 13.1 Å². The van der Waals surface area contributed by atoms with Crippen molar-refractivity contribution >= 4 is 41.3 Å². The summed E-state index contributed by atoms with van der Waals surface area (Å²) in [5, 5.41) is 4.30. The number of hydrogen-bond acceptors (Lipinski definition) is 3. The van der Waals surface area contributed by atoms with Crippen molar-refractivity contribution in [1.82, 2.24) is 10.3 Å². The van der Waals surface area contributed by atoms with Gasteiger partial charge in [-0.3, -0.25) is 4.99 Å². The third-order valence-electron chi connectivity index (χ3n) is 2.28. The van der Waals surface area contributed by atoms with Crippen molar-refractivity contribution in [3.05, 3.63) is 16.1 Å². The number of aliphatic imine (C=N–C) groups is 1. The number of unbranched alkanes of at least 4 members (excludes halogenated alkanes) is 1. The average molecular weight is 422 g/mol. The molecule has 0 radical (unpaired) electrons. The highest BCUT2D eigenvalue weighted by Gasteiger charge is 2.33. The van der Waals surface area contributed by atoms with Gasteiger partial charge in [-0.05, 0) is 6.42 Å².